The van der Waals surface area contributed by atoms with Crippen molar-refractivity contribution in [3.8, 4) is 0 Å². The van der Waals surface area contributed by atoms with Gasteiger partial charge >= 0.3 is 6.03 Å². The summed E-state index contributed by atoms with van der Waals surface area (Å²) >= 11 is 0. The zero-order valence-corrected chi connectivity index (χ0v) is 14.4. The van der Waals surface area contributed by atoms with Crippen LogP contribution in [0.15, 0.2) is 29.3 Å². The highest BCUT2D eigenvalue weighted by Crippen LogP contribution is 2.14. The van der Waals surface area contributed by atoms with Gasteiger partial charge < -0.3 is 26.0 Å². The van der Waals surface area contributed by atoms with Crippen LogP contribution in [0.5, 0.6) is 0 Å². The number of likely N-dealkylation sites (tertiary alicyclic amines) is 1. The first-order valence-electron chi connectivity index (χ1n) is 8.28. The molecule has 1 atom stereocenters. The van der Waals surface area contributed by atoms with Crippen LogP contribution < -0.4 is 16.4 Å². The highest BCUT2D eigenvalue weighted by molar-refractivity contribution is 5.89. The molecular formula is C17H27N5O2. The van der Waals surface area contributed by atoms with E-state index in [9.17, 15) is 4.79 Å². The average Bonchev–Trinajstić information content (AvgIpc) is 3.08. The molecule has 1 aliphatic heterocycles. The zero-order valence-electron chi connectivity index (χ0n) is 14.4. The van der Waals surface area contributed by atoms with Gasteiger partial charge in [0.2, 0.25) is 0 Å². The highest BCUT2D eigenvalue weighted by atomic mass is 16.5. The van der Waals surface area contributed by atoms with E-state index in [0.29, 0.717) is 19.1 Å². The lowest BCUT2D eigenvalue weighted by atomic mass is 10.2. The molecule has 7 heteroatoms. The summed E-state index contributed by atoms with van der Waals surface area (Å²) in [4.78, 5) is 18.3. The first-order valence-corrected chi connectivity index (χ1v) is 8.28. The number of nitrogens with zero attached hydrogens (tertiary/aromatic N) is 2. The van der Waals surface area contributed by atoms with E-state index in [1.807, 2.05) is 36.1 Å². The molecule has 0 radical (unpaired) electrons. The van der Waals surface area contributed by atoms with Gasteiger partial charge in [-0.2, -0.15) is 0 Å². The molecule has 2 rings (SSSR count). The van der Waals surface area contributed by atoms with Gasteiger partial charge in [-0.15, -0.1) is 0 Å². The molecule has 1 fully saturated rings. The van der Waals surface area contributed by atoms with E-state index < -0.39 is 0 Å². The maximum atomic E-state index is 12.1. The van der Waals surface area contributed by atoms with Crippen LogP contribution in [0.3, 0.4) is 0 Å². The number of ether oxygens (including phenoxy) is 1. The molecular weight excluding hydrogens is 306 g/mol. The summed E-state index contributed by atoms with van der Waals surface area (Å²) in [5.74, 6) is 0.381. The molecule has 1 saturated heterocycles. The first kappa shape index (κ1) is 18.1. The van der Waals surface area contributed by atoms with Crippen LogP contribution in [-0.4, -0.2) is 49.7 Å². The highest BCUT2D eigenvalue weighted by Gasteiger charge is 2.17. The topological polar surface area (TPSA) is 92.0 Å². The largest absolute Gasteiger partial charge is 0.383 e. The number of hydrogen-bond acceptors (Lipinski definition) is 3. The number of hydrogen-bond donors (Lipinski definition) is 3. The summed E-state index contributed by atoms with van der Waals surface area (Å²) in [5, 5.41) is 6.00. The molecule has 0 bridgehead atoms. The van der Waals surface area contributed by atoms with E-state index in [1.54, 1.807) is 7.11 Å². The van der Waals surface area contributed by atoms with Crippen molar-refractivity contribution in [1.29, 1.82) is 0 Å². The zero-order chi connectivity index (χ0) is 17.4. The number of nitrogens with one attached hydrogen (secondary N) is 2. The fourth-order valence-electron chi connectivity index (χ4n) is 2.64. The number of urea groups is 1. The summed E-state index contributed by atoms with van der Waals surface area (Å²) in [7, 11) is 1.65. The van der Waals surface area contributed by atoms with Gasteiger partial charge in [-0.25, -0.2) is 9.79 Å². The van der Waals surface area contributed by atoms with Crippen molar-refractivity contribution < 1.29 is 9.53 Å². The first-order chi connectivity index (χ1) is 11.6. The number of methoxy groups -OCH3 is 1. The number of nitrogens with two attached hydrogens (primary N) is 1. The van der Waals surface area contributed by atoms with Crippen molar-refractivity contribution in [2.75, 3.05) is 32.1 Å². The second-order valence-corrected chi connectivity index (χ2v) is 6.03. The number of rotatable bonds is 6. The predicted octanol–water partition coefficient (Wildman–Crippen LogP) is 1.75. The summed E-state index contributed by atoms with van der Waals surface area (Å²) in [6.07, 6.45) is 2.16. The van der Waals surface area contributed by atoms with Crippen molar-refractivity contribution >= 4 is 17.7 Å². The van der Waals surface area contributed by atoms with Crippen LogP contribution in [0.25, 0.3) is 0 Å². The van der Waals surface area contributed by atoms with Gasteiger partial charge in [-0.05, 0) is 37.5 Å². The third kappa shape index (κ3) is 5.73. The summed E-state index contributed by atoms with van der Waals surface area (Å²) < 4.78 is 5.04. The molecule has 1 unspecified atom stereocenters. The molecule has 0 spiro atoms. The SMILES string of the molecule is COCC(C)NC(N)=NCc1cccc(NC(=O)N2CCCC2)c1. The van der Waals surface area contributed by atoms with Gasteiger partial charge in [0.25, 0.3) is 0 Å². The molecule has 132 valence electrons. The Morgan fingerprint density at radius 1 is 1.42 bits per heavy atom. The molecule has 0 aromatic heterocycles. The lowest BCUT2D eigenvalue weighted by molar-refractivity contribution is 0.179. The van der Waals surface area contributed by atoms with Gasteiger partial charge in [-0.3, -0.25) is 0 Å². The van der Waals surface area contributed by atoms with Gasteiger partial charge in [-0.1, -0.05) is 12.1 Å². The summed E-state index contributed by atoms with van der Waals surface area (Å²) in [6.45, 7) is 4.65. The van der Waals surface area contributed by atoms with Crippen LogP contribution in [-0.2, 0) is 11.3 Å². The molecule has 7 nitrogen and oxygen atoms in total. The monoisotopic (exact) mass is 333 g/mol. The fourth-order valence-corrected chi connectivity index (χ4v) is 2.64. The van der Waals surface area contributed by atoms with Crippen LogP contribution >= 0.6 is 0 Å². The van der Waals surface area contributed by atoms with Crippen molar-refractivity contribution in [3.05, 3.63) is 29.8 Å². The third-order valence-corrected chi connectivity index (χ3v) is 3.81. The van der Waals surface area contributed by atoms with Crippen molar-refractivity contribution in [1.82, 2.24) is 10.2 Å². The van der Waals surface area contributed by atoms with E-state index in [1.165, 1.54) is 0 Å². The van der Waals surface area contributed by atoms with Gasteiger partial charge in [0.15, 0.2) is 5.96 Å². The lowest BCUT2D eigenvalue weighted by Gasteiger charge is -2.16. The van der Waals surface area contributed by atoms with Crippen molar-refractivity contribution in [2.45, 2.75) is 32.4 Å². The fraction of sp³-hybridized carbons (Fsp3) is 0.529. The maximum absolute atomic E-state index is 12.1. The molecule has 1 heterocycles. The normalized spacial score (nSPS) is 16.1. The third-order valence-electron chi connectivity index (χ3n) is 3.81. The van der Waals surface area contributed by atoms with E-state index in [2.05, 4.69) is 15.6 Å². The van der Waals surface area contributed by atoms with Crippen molar-refractivity contribution in [3.63, 3.8) is 0 Å². The number of aliphatic imine (C=N–C) groups is 1. The quantitative estimate of drug-likeness (QED) is 0.546. The van der Waals surface area contributed by atoms with Crippen LogP contribution in [0.1, 0.15) is 25.3 Å². The maximum Gasteiger partial charge on any atom is 0.321 e. The minimum atomic E-state index is -0.0391. The number of carbonyl (C=O) groups excluding carboxylic acids is 1. The predicted molar refractivity (Wildman–Crippen MR) is 96.1 cm³/mol. The van der Waals surface area contributed by atoms with E-state index in [0.717, 1.165) is 37.2 Å². The second-order valence-electron chi connectivity index (χ2n) is 6.03. The molecule has 1 aromatic carbocycles. The van der Waals surface area contributed by atoms with Crippen molar-refractivity contribution in [2.24, 2.45) is 10.7 Å². The Balaban J connectivity index is 1.88. The Bertz CT molecular complexity index is 570. The Morgan fingerprint density at radius 2 is 2.17 bits per heavy atom. The van der Waals surface area contributed by atoms with Crippen LogP contribution in [0.2, 0.25) is 0 Å². The molecule has 4 N–H and O–H groups in total. The number of carbonyl (C=O) groups is 1. The van der Waals surface area contributed by atoms with E-state index in [-0.39, 0.29) is 12.1 Å². The average molecular weight is 333 g/mol. The van der Waals surface area contributed by atoms with Gasteiger partial charge in [0.05, 0.1) is 13.2 Å². The van der Waals surface area contributed by atoms with Crippen LogP contribution in [0.4, 0.5) is 10.5 Å². The molecule has 0 aliphatic carbocycles. The van der Waals surface area contributed by atoms with Crippen LogP contribution in [0, 0.1) is 0 Å². The molecule has 2 amide bonds. The standard InChI is InChI=1S/C17H27N5O2/c1-13(12-24-2)20-16(18)19-11-14-6-5-7-15(10-14)21-17(23)22-8-3-4-9-22/h5-7,10,13H,3-4,8-9,11-12H2,1-2H3,(H,21,23)(H3,18,19,20). The molecule has 1 aromatic rings. The van der Waals surface area contributed by atoms with E-state index >= 15 is 0 Å². The number of guanidine groups is 1. The van der Waals surface area contributed by atoms with E-state index in [4.69, 9.17) is 10.5 Å². The molecule has 24 heavy (non-hydrogen) atoms. The summed E-state index contributed by atoms with van der Waals surface area (Å²) in [5.41, 5.74) is 7.62. The minimum absolute atomic E-state index is 0.0391. The molecule has 1 aliphatic rings. The Hall–Kier alpha value is -2.28. The number of anilines is 1. The second kappa shape index (κ2) is 9.12. The van der Waals surface area contributed by atoms with Gasteiger partial charge in [0, 0.05) is 31.9 Å². The Kier molecular flexibility index (Phi) is 6.87. The molecule has 0 saturated carbocycles. The number of amides is 2. The van der Waals surface area contributed by atoms with Gasteiger partial charge in [0.1, 0.15) is 0 Å². The Labute approximate surface area is 143 Å². The lowest BCUT2D eigenvalue weighted by Crippen LogP contribution is -2.40. The minimum Gasteiger partial charge on any atom is -0.383 e. The summed E-state index contributed by atoms with van der Waals surface area (Å²) in [6, 6.07) is 7.72. The number of benzene rings is 1. The smallest absolute Gasteiger partial charge is 0.321 e. The Morgan fingerprint density at radius 3 is 2.88 bits per heavy atom.